The van der Waals surface area contributed by atoms with Crippen LogP contribution in [0.15, 0.2) is 42.6 Å². The van der Waals surface area contributed by atoms with Crippen molar-refractivity contribution >= 4 is 17.6 Å². The van der Waals surface area contributed by atoms with E-state index in [0.717, 1.165) is 11.1 Å². The first kappa shape index (κ1) is 13.6. The molecule has 0 bridgehead atoms. The van der Waals surface area contributed by atoms with Crippen molar-refractivity contribution in [3.8, 4) is 0 Å². The van der Waals surface area contributed by atoms with Crippen molar-refractivity contribution in [2.24, 2.45) is 0 Å². The minimum atomic E-state index is -0.915. The minimum absolute atomic E-state index is 0.383. The van der Waals surface area contributed by atoms with Crippen LogP contribution >= 0.6 is 11.6 Å². The molecule has 0 spiro atoms. The number of halogens is 1. The van der Waals surface area contributed by atoms with Crippen LogP contribution in [0.4, 0.5) is 0 Å². The van der Waals surface area contributed by atoms with Crippen LogP contribution < -0.4 is 0 Å². The third-order valence-corrected chi connectivity index (χ3v) is 3.26. The summed E-state index contributed by atoms with van der Waals surface area (Å²) < 4.78 is 0. The normalized spacial score (nSPS) is 12.1. The predicted molar refractivity (Wildman–Crippen MR) is 74.5 cm³/mol. The van der Waals surface area contributed by atoms with Gasteiger partial charge in [-0.05, 0) is 31.0 Å². The number of carbonyl (C=O) groups is 1. The minimum Gasteiger partial charge on any atom is -0.481 e. The summed E-state index contributed by atoms with van der Waals surface area (Å²) >= 11 is 6.03. The summed E-state index contributed by atoms with van der Waals surface area (Å²) in [6.07, 6.45) is 1.95. The molecular weight excluding hydrogens is 262 g/mol. The highest BCUT2D eigenvalue weighted by atomic mass is 35.5. The molecule has 0 amide bonds. The van der Waals surface area contributed by atoms with Gasteiger partial charge in [0.05, 0.1) is 10.7 Å². The van der Waals surface area contributed by atoms with Gasteiger partial charge in [-0.3, -0.25) is 9.78 Å². The Balaban J connectivity index is 2.32. The molecule has 0 saturated carbocycles. The van der Waals surface area contributed by atoms with Gasteiger partial charge in [0.1, 0.15) is 5.92 Å². The van der Waals surface area contributed by atoms with Crippen LogP contribution in [0.25, 0.3) is 0 Å². The molecule has 0 radical (unpaired) electrons. The molecule has 1 aromatic heterocycles. The molecular formula is C15H14ClNO2. The SMILES string of the molecule is Cc1cccc(CC(C(=O)O)c2ncccc2Cl)c1. The maximum absolute atomic E-state index is 11.4. The van der Waals surface area contributed by atoms with Crippen molar-refractivity contribution in [1.29, 1.82) is 0 Å². The van der Waals surface area contributed by atoms with E-state index < -0.39 is 11.9 Å². The highest BCUT2D eigenvalue weighted by Gasteiger charge is 2.24. The Hall–Kier alpha value is -1.87. The van der Waals surface area contributed by atoms with Crippen molar-refractivity contribution in [1.82, 2.24) is 4.98 Å². The molecule has 3 nitrogen and oxygen atoms in total. The summed E-state index contributed by atoms with van der Waals surface area (Å²) in [5.41, 5.74) is 2.49. The van der Waals surface area contributed by atoms with E-state index >= 15 is 0 Å². The number of hydrogen-bond donors (Lipinski definition) is 1. The zero-order valence-electron chi connectivity index (χ0n) is 10.5. The monoisotopic (exact) mass is 275 g/mol. The highest BCUT2D eigenvalue weighted by Crippen LogP contribution is 2.26. The zero-order chi connectivity index (χ0) is 13.8. The number of aryl methyl sites for hydroxylation is 1. The van der Waals surface area contributed by atoms with Gasteiger partial charge in [-0.1, -0.05) is 41.4 Å². The number of rotatable bonds is 4. The number of benzene rings is 1. The number of pyridine rings is 1. The lowest BCUT2D eigenvalue weighted by molar-refractivity contribution is -0.138. The summed E-state index contributed by atoms with van der Waals surface area (Å²) in [5, 5.41) is 9.77. The topological polar surface area (TPSA) is 50.2 Å². The molecule has 1 unspecified atom stereocenters. The predicted octanol–water partition coefficient (Wildman–Crippen LogP) is 3.45. The van der Waals surface area contributed by atoms with Gasteiger partial charge in [0.2, 0.25) is 0 Å². The quantitative estimate of drug-likeness (QED) is 0.930. The number of aliphatic carboxylic acids is 1. The fourth-order valence-electron chi connectivity index (χ4n) is 2.03. The Bertz CT molecular complexity index is 598. The second-order valence-corrected chi connectivity index (χ2v) is 4.86. The van der Waals surface area contributed by atoms with E-state index in [4.69, 9.17) is 11.6 Å². The van der Waals surface area contributed by atoms with Crippen molar-refractivity contribution in [2.45, 2.75) is 19.3 Å². The van der Waals surface area contributed by atoms with Gasteiger partial charge >= 0.3 is 5.97 Å². The molecule has 0 saturated heterocycles. The number of carboxylic acids is 1. The second-order valence-electron chi connectivity index (χ2n) is 4.45. The van der Waals surface area contributed by atoms with Gasteiger partial charge in [-0.2, -0.15) is 0 Å². The first-order valence-corrected chi connectivity index (χ1v) is 6.34. The van der Waals surface area contributed by atoms with Crippen LogP contribution in [0.1, 0.15) is 22.7 Å². The Morgan fingerprint density at radius 3 is 2.79 bits per heavy atom. The largest absolute Gasteiger partial charge is 0.481 e. The number of nitrogens with zero attached hydrogens (tertiary/aromatic N) is 1. The molecule has 4 heteroatoms. The lowest BCUT2D eigenvalue weighted by Crippen LogP contribution is -2.16. The van der Waals surface area contributed by atoms with E-state index in [1.54, 1.807) is 18.3 Å². The summed E-state index contributed by atoms with van der Waals surface area (Å²) in [4.78, 5) is 15.5. The molecule has 0 aliphatic carbocycles. The number of carboxylic acid groups (broad SMARTS) is 1. The molecule has 1 N–H and O–H groups in total. The van der Waals surface area contributed by atoms with E-state index in [-0.39, 0.29) is 0 Å². The van der Waals surface area contributed by atoms with Crippen LogP contribution in [-0.4, -0.2) is 16.1 Å². The van der Waals surface area contributed by atoms with E-state index in [9.17, 15) is 9.90 Å². The average molecular weight is 276 g/mol. The van der Waals surface area contributed by atoms with Crippen molar-refractivity contribution in [2.75, 3.05) is 0 Å². The standard InChI is InChI=1S/C15H14ClNO2/c1-10-4-2-5-11(8-10)9-12(15(18)19)14-13(16)6-3-7-17-14/h2-8,12H,9H2,1H3,(H,18,19). The van der Waals surface area contributed by atoms with E-state index in [2.05, 4.69) is 4.98 Å². The van der Waals surface area contributed by atoms with Gasteiger partial charge in [0.25, 0.3) is 0 Å². The summed E-state index contributed by atoms with van der Waals surface area (Å²) in [7, 11) is 0. The Morgan fingerprint density at radius 1 is 1.37 bits per heavy atom. The molecule has 0 aliphatic heterocycles. The summed E-state index contributed by atoms with van der Waals surface area (Å²) in [5.74, 6) is -1.64. The maximum atomic E-state index is 11.4. The lowest BCUT2D eigenvalue weighted by Gasteiger charge is -2.13. The zero-order valence-corrected chi connectivity index (χ0v) is 11.3. The highest BCUT2D eigenvalue weighted by molar-refractivity contribution is 6.31. The van der Waals surface area contributed by atoms with Crippen molar-refractivity contribution < 1.29 is 9.90 Å². The van der Waals surface area contributed by atoms with Crippen LogP contribution in [0.3, 0.4) is 0 Å². The average Bonchev–Trinajstić information content (AvgIpc) is 2.37. The Kier molecular flexibility index (Phi) is 4.17. The van der Waals surface area contributed by atoms with Gasteiger partial charge < -0.3 is 5.11 Å². The Labute approximate surface area is 116 Å². The number of aromatic nitrogens is 1. The maximum Gasteiger partial charge on any atom is 0.312 e. The van der Waals surface area contributed by atoms with Gasteiger partial charge in [0, 0.05) is 6.20 Å². The van der Waals surface area contributed by atoms with Crippen LogP contribution in [0.2, 0.25) is 5.02 Å². The van der Waals surface area contributed by atoms with Gasteiger partial charge in [-0.25, -0.2) is 0 Å². The molecule has 1 aromatic carbocycles. The smallest absolute Gasteiger partial charge is 0.312 e. The van der Waals surface area contributed by atoms with Gasteiger partial charge in [-0.15, -0.1) is 0 Å². The molecule has 0 aliphatic rings. The second kappa shape index (κ2) is 5.85. The van der Waals surface area contributed by atoms with E-state index in [0.29, 0.717) is 17.1 Å². The molecule has 1 atom stereocenters. The fourth-order valence-corrected chi connectivity index (χ4v) is 2.28. The first-order valence-electron chi connectivity index (χ1n) is 5.96. The number of hydrogen-bond acceptors (Lipinski definition) is 2. The molecule has 19 heavy (non-hydrogen) atoms. The van der Waals surface area contributed by atoms with Crippen molar-refractivity contribution in [3.63, 3.8) is 0 Å². The summed E-state index contributed by atoms with van der Waals surface area (Å²) in [6.45, 7) is 1.98. The molecule has 2 aromatic rings. The lowest BCUT2D eigenvalue weighted by atomic mass is 9.95. The van der Waals surface area contributed by atoms with Gasteiger partial charge in [0.15, 0.2) is 0 Å². The molecule has 0 fully saturated rings. The molecule has 1 heterocycles. The van der Waals surface area contributed by atoms with Crippen LogP contribution in [0, 0.1) is 6.92 Å². The third-order valence-electron chi connectivity index (χ3n) is 2.94. The molecule has 2 rings (SSSR count). The van der Waals surface area contributed by atoms with Crippen molar-refractivity contribution in [3.05, 3.63) is 64.4 Å². The molecule has 98 valence electrons. The Morgan fingerprint density at radius 2 is 2.16 bits per heavy atom. The van der Waals surface area contributed by atoms with E-state index in [1.807, 2.05) is 31.2 Å². The van der Waals surface area contributed by atoms with Crippen LogP contribution in [0.5, 0.6) is 0 Å². The fraction of sp³-hybridized carbons (Fsp3) is 0.200. The summed E-state index contributed by atoms with van der Waals surface area (Å²) in [6, 6.07) is 11.1. The first-order chi connectivity index (χ1) is 9.08. The van der Waals surface area contributed by atoms with E-state index in [1.165, 1.54) is 0 Å². The third kappa shape index (κ3) is 3.32. The van der Waals surface area contributed by atoms with Crippen LogP contribution in [-0.2, 0) is 11.2 Å².